The fourth-order valence-electron chi connectivity index (χ4n) is 7.99. The molecule has 56 heavy (non-hydrogen) atoms. The summed E-state index contributed by atoms with van der Waals surface area (Å²) in [4.78, 5) is 2.34. The topological polar surface area (TPSA) is 16.4 Å². The zero-order chi connectivity index (χ0) is 37.3. The van der Waals surface area contributed by atoms with Crippen LogP contribution >= 0.6 is 0 Å². The molecule has 0 radical (unpaired) electrons. The molecule has 1 heterocycles. The Morgan fingerprint density at radius 1 is 0.250 bits per heavy atom. The van der Waals surface area contributed by atoms with Gasteiger partial charge in [0, 0.05) is 33.4 Å². The average molecular weight is 716 g/mol. The normalized spacial score (nSPS) is 11.2. The molecule has 1 aromatic heterocycles. The summed E-state index contributed by atoms with van der Waals surface area (Å²) in [6.07, 6.45) is 0. The van der Waals surface area contributed by atoms with E-state index in [1.54, 1.807) is 0 Å². The van der Waals surface area contributed by atoms with Crippen LogP contribution in [0.4, 0.5) is 17.1 Å². The maximum Gasteiger partial charge on any atom is 0.143 e. The first-order chi connectivity index (χ1) is 27.8. The van der Waals surface area contributed by atoms with E-state index in [0.29, 0.717) is 0 Å². The molecule has 0 saturated carbocycles. The number of benzene rings is 9. The molecular formula is C54H37NO. The minimum Gasteiger partial charge on any atom is -0.455 e. The Labute approximate surface area is 327 Å². The molecule has 0 bridgehead atoms. The largest absolute Gasteiger partial charge is 0.455 e. The van der Waals surface area contributed by atoms with E-state index < -0.39 is 0 Å². The fourth-order valence-corrected chi connectivity index (χ4v) is 7.99. The minimum absolute atomic E-state index is 0.904. The molecule has 0 amide bonds. The van der Waals surface area contributed by atoms with Gasteiger partial charge < -0.3 is 9.32 Å². The molecule has 2 heteroatoms. The summed E-state index contributed by atoms with van der Waals surface area (Å²) in [5, 5.41) is 2.27. The van der Waals surface area contributed by atoms with E-state index in [0.717, 1.165) is 55.7 Å². The summed E-state index contributed by atoms with van der Waals surface area (Å²) in [5.41, 5.74) is 16.8. The summed E-state index contributed by atoms with van der Waals surface area (Å²) in [7, 11) is 0. The van der Waals surface area contributed by atoms with Crippen LogP contribution < -0.4 is 4.90 Å². The van der Waals surface area contributed by atoms with Gasteiger partial charge in [0.2, 0.25) is 0 Å². The molecule has 9 aromatic carbocycles. The molecule has 0 fully saturated rings. The van der Waals surface area contributed by atoms with Gasteiger partial charge in [-0.15, -0.1) is 0 Å². The summed E-state index contributed by atoms with van der Waals surface area (Å²) >= 11 is 0. The number of anilines is 3. The Morgan fingerprint density at radius 2 is 0.625 bits per heavy atom. The second kappa shape index (κ2) is 14.4. The number of hydrogen-bond acceptors (Lipinski definition) is 2. The van der Waals surface area contributed by atoms with E-state index in [9.17, 15) is 0 Å². The maximum atomic E-state index is 6.51. The van der Waals surface area contributed by atoms with E-state index in [-0.39, 0.29) is 0 Å². The molecule has 0 atom stereocenters. The van der Waals surface area contributed by atoms with Crippen molar-refractivity contribution in [3.05, 3.63) is 224 Å². The monoisotopic (exact) mass is 715 g/mol. The van der Waals surface area contributed by atoms with Crippen molar-refractivity contribution in [3.63, 3.8) is 0 Å². The number of furan rings is 1. The van der Waals surface area contributed by atoms with Gasteiger partial charge in [-0.25, -0.2) is 0 Å². The smallest absolute Gasteiger partial charge is 0.143 e. The molecule has 0 N–H and O–H groups in total. The predicted molar refractivity (Wildman–Crippen MR) is 236 cm³/mol. The average Bonchev–Trinajstić information content (AvgIpc) is 3.67. The molecule has 10 aromatic rings. The summed E-state index contributed by atoms with van der Waals surface area (Å²) < 4.78 is 6.51. The predicted octanol–water partition coefficient (Wildman–Crippen LogP) is 15.4. The van der Waals surface area contributed by atoms with Crippen molar-refractivity contribution in [1.82, 2.24) is 0 Å². The van der Waals surface area contributed by atoms with Crippen molar-refractivity contribution in [2.24, 2.45) is 0 Å². The Bertz CT molecular complexity index is 2840. The first-order valence-electron chi connectivity index (χ1n) is 19.1. The lowest BCUT2D eigenvalue weighted by Crippen LogP contribution is -2.09. The molecule has 10 rings (SSSR count). The van der Waals surface area contributed by atoms with Crippen molar-refractivity contribution in [2.75, 3.05) is 4.90 Å². The van der Waals surface area contributed by atoms with Crippen LogP contribution in [0, 0.1) is 0 Å². The number of nitrogens with zero attached hydrogens (tertiary/aromatic N) is 1. The molecule has 0 aliphatic heterocycles. The van der Waals surface area contributed by atoms with E-state index in [1.807, 2.05) is 12.1 Å². The summed E-state index contributed by atoms with van der Waals surface area (Å²) in [6.45, 7) is 0. The molecule has 0 unspecified atom stereocenters. The summed E-state index contributed by atoms with van der Waals surface area (Å²) in [6, 6.07) is 79.9. The van der Waals surface area contributed by atoms with Gasteiger partial charge in [0.05, 0.1) is 0 Å². The van der Waals surface area contributed by atoms with Crippen molar-refractivity contribution in [2.45, 2.75) is 0 Å². The highest BCUT2D eigenvalue weighted by atomic mass is 16.3. The molecule has 264 valence electrons. The van der Waals surface area contributed by atoms with Crippen LogP contribution in [0.2, 0.25) is 0 Å². The molecular weight excluding hydrogens is 679 g/mol. The van der Waals surface area contributed by atoms with Gasteiger partial charge in [0.25, 0.3) is 0 Å². The van der Waals surface area contributed by atoms with E-state index in [4.69, 9.17) is 4.42 Å². The first-order valence-corrected chi connectivity index (χ1v) is 19.1. The second-order valence-corrected chi connectivity index (χ2v) is 14.1. The number of para-hydroxylation sites is 2. The Hall–Kier alpha value is -7.42. The lowest BCUT2D eigenvalue weighted by molar-refractivity contribution is 0.670. The van der Waals surface area contributed by atoms with Gasteiger partial charge in [-0.3, -0.25) is 0 Å². The number of rotatable bonds is 8. The zero-order valence-electron chi connectivity index (χ0n) is 30.7. The highest BCUT2D eigenvalue weighted by Gasteiger charge is 2.18. The molecule has 0 spiro atoms. The number of hydrogen-bond donors (Lipinski definition) is 0. The van der Waals surface area contributed by atoms with E-state index in [1.165, 1.54) is 38.9 Å². The van der Waals surface area contributed by atoms with Crippen molar-refractivity contribution >= 4 is 39.0 Å². The van der Waals surface area contributed by atoms with Crippen molar-refractivity contribution < 1.29 is 4.42 Å². The van der Waals surface area contributed by atoms with Crippen LogP contribution in [0.3, 0.4) is 0 Å². The number of fused-ring (bicyclic) bond motifs is 3. The third-order valence-electron chi connectivity index (χ3n) is 10.7. The van der Waals surface area contributed by atoms with Crippen LogP contribution in [0.25, 0.3) is 77.6 Å². The Kier molecular flexibility index (Phi) is 8.55. The lowest BCUT2D eigenvalue weighted by atomic mass is 9.89. The molecule has 0 aliphatic rings. The van der Waals surface area contributed by atoms with Gasteiger partial charge in [-0.2, -0.15) is 0 Å². The van der Waals surface area contributed by atoms with Crippen LogP contribution in [0.5, 0.6) is 0 Å². The van der Waals surface area contributed by atoms with Crippen LogP contribution in [-0.2, 0) is 0 Å². The van der Waals surface area contributed by atoms with Crippen LogP contribution in [0.1, 0.15) is 0 Å². The standard InChI is InChI=1S/C54H37NO/c1-3-14-38(15-4-1)40-26-32-43(33-27-40)55(44-34-28-41(29-35-44)39-16-5-2-6-17-39)45-36-30-42(31-37-45)46-18-7-8-19-47(46)48-20-9-10-21-49(48)51-23-13-24-52-50-22-11-12-25-53(50)56-54(51)52/h1-37H. The van der Waals surface area contributed by atoms with E-state index in [2.05, 4.69) is 217 Å². The minimum atomic E-state index is 0.904. The highest BCUT2D eigenvalue weighted by Crippen LogP contribution is 2.43. The third kappa shape index (κ3) is 6.14. The van der Waals surface area contributed by atoms with Crippen LogP contribution in [0.15, 0.2) is 229 Å². The van der Waals surface area contributed by atoms with Gasteiger partial charge in [0.15, 0.2) is 0 Å². The van der Waals surface area contributed by atoms with E-state index >= 15 is 0 Å². The highest BCUT2D eigenvalue weighted by molar-refractivity contribution is 6.11. The Balaban J connectivity index is 1.04. The molecule has 2 nitrogen and oxygen atoms in total. The van der Waals surface area contributed by atoms with Crippen molar-refractivity contribution in [3.8, 4) is 55.6 Å². The lowest BCUT2D eigenvalue weighted by Gasteiger charge is -2.26. The molecule has 0 aliphatic carbocycles. The molecule has 0 saturated heterocycles. The van der Waals surface area contributed by atoms with Gasteiger partial charge >= 0.3 is 0 Å². The third-order valence-corrected chi connectivity index (χ3v) is 10.7. The summed E-state index contributed by atoms with van der Waals surface area (Å²) in [5.74, 6) is 0. The zero-order valence-corrected chi connectivity index (χ0v) is 30.7. The van der Waals surface area contributed by atoms with Crippen LogP contribution in [-0.4, -0.2) is 0 Å². The Morgan fingerprint density at radius 3 is 1.18 bits per heavy atom. The maximum absolute atomic E-state index is 6.51. The van der Waals surface area contributed by atoms with Crippen molar-refractivity contribution in [1.29, 1.82) is 0 Å². The fraction of sp³-hybridized carbons (Fsp3) is 0. The quantitative estimate of drug-likeness (QED) is 0.156. The second-order valence-electron chi connectivity index (χ2n) is 14.1. The van der Waals surface area contributed by atoms with Gasteiger partial charge in [-0.1, -0.05) is 182 Å². The van der Waals surface area contributed by atoms with Gasteiger partial charge in [-0.05, 0) is 92.5 Å². The first kappa shape index (κ1) is 33.2. The van der Waals surface area contributed by atoms with Gasteiger partial charge in [0.1, 0.15) is 11.2 Å². The SMILES string of the molecule is c1ccc(-c2ccc(N(c3ccc(-c4ccccc4)cc3)c3ccc(-c4ccccc4-c4ccccc4-c4cccc5c4oc4ccccc45)cc3)cc2)cc1.